The SMILES string of the molecule is Cc1ccc(-n2c(=O)c3c(cc(C)n3C)n(CC(=O)Nc3c(C)cccc3C)c2=O)cc1. The van der Waals surface area contributed by atoms with E-state index >= 15 is 0 Å². The fraction of sp³-hybridized carbons (Fsp3) is 0.240. The summed E-state index contributed by atoms with van der Waals surface area (Å²) in [6.07, 6.45) is 0. The van der Waals surface area contributed by atoms with Crippen molar-refractivity contribution in [2.24, 2.45) is 7.05 Å². The topological polar surface area (TPSA) is 78.0 Å². The zero-order valence-corrected chi connectivity index (χ0v) is 18.9. The number of hydrogen-bond acceptors (Lipinski definition) is 3. The number of nitrogens with one attached hydrogen (secondary N) is 1. The number of amides is 1. The molecule has 2 aromatic heterocycles. The maximum Gasteiger partial charge on any atom is 0.336 e. The first kappa shape index (κ1) is 21.4. The Morgan fingerprint density at radius 3 is 2.19 bits per heavy atom. The highest BCUT2D eigenvalue weighted by atomic mass is 16.2. The van der Waals surface area contributed by atoms with Crippen LogP contribution < -0.4 is 16.6 Å². The van der Waals surface area contributed by atoms with E-state index in [1.54, 1.807) is 29.8 Å². The van der Waals surface area contributed by atoms with Gasteiger partial charge in [0.05, 0.1) is 11.2 Å². The number of rotatable bonds is 4. The Bertz CT molecular complexity index is 1450. The summed E-state index contributed by atoms with van der Waals surface area (Å²) in [6, 6.07) is 14.7. The number of benzene rings is 2. The van der Waals surface area contributed by atoms with Crippen LogP contribution >= 0.6 is 0 Å². The van der Waals surface area contributed by atoms with Crippen LogP contribution in [0.4, 0.5) is 5.69 Å². The summed E-state index contributed by atoms with van der Waals surface area (Å²) < 4.78 is 4.25. The lowest BCUT2D eigenvalue weighted by Crippen LogP contribution is -2.41. The molecule has 4 aromatic rings. The Balaban J connectivity index is 1.88. The molecule has 1 amide bonds. The molecule has 0 aliphatic heterocycles. The van der Waals surface area contributed by atoms with Gasteiger partial charge >= 0.3 is 5.69 Å². The molecule has 0 fully saturated rings. The van der Waals surface area contributed by atoms with Crippen molar-refractivity contribution in [3.8, 4) is 5.69 Å². The fourth-order valence-corrected chi connectivity index (χ4v) is 4.00. The summed E-state index contributed by atoms with van der Waals surface area (Å²) in [5.74, 6) is -0.332. The first-order valence-corrected chi connectivity index (χ1v) is 10.4. The predicted octanol–water partition coefficient (Wildman–Crippen LogP) is 3.36. The molecular formula is C25H26N4O3. The molecule has 0 atom stereocenters. The van der Waals surface area contributed by atoms with Crippen molar-refractivity contribution >= 4 is 22.6 Å². The van der Waals surface area contributed by atoms with Crippen molar-refractivity contribution in [3.63, 3.8) is 0 Å². The minimum absolute atomic E-state index is 0.210. The third-order valence-electron chi connectivity index (χ3n) is 5.91. The Kier molecular flexibility index (Phi) is 5.34. The van der Waals surface area contributed by atoms with Gasteiger partial charge in [0.15, 0.2) is 0 Å². The van der Waals surface area contributed by atoms with E-state index in [0.717, 1.165) is 32.6 Å². The van der Waals surface area contributed by atoms with Gasteiger partial charge in [-0.2, -0.15) is 0 Å². The second-order valence-electron chi connectivity index (χ2n) is 8.24. The predicted molar refractivity (Wildman–Crippen MR) is 127 cm³/mol. The maximum absolute atomic E-state index is 13.5. The fourth-order valence-electron chi connectivity index (χ4n) is 4.00. The van der Waals surface area contributed by atoms with E-state index < -0.39 is 11.2 Å². The first-order chi connectivity index (χ1) is 15.2. The van der Waals surface area contributed by atoms with Crippen molar-refractivity contribution in [1.29, 1.82) is 0 Å². The average Bonchev–Trinajstić information content (AvgIpc) is 3.04. The van der Waals surface area contributed by atoms with E-state index in [2.05, 4.69) is 5.32 Å². The number of aryl methyl sites for hydroxylation is 5. The third kappa shape index (κ3) is 3.56. The molecule has 0 unspecified atom stereocenters. The van der Waals surface area contributed by atoms with Crippen LogP contribution in [0.2, 0.25) is 0 Å². The summed E-state index contributed by atoms with van der Waals surface area (Å²) in [7, 11) is 1.78. The van der Waals surface area contributed by atoms with Crippen LogP contribution in [0, 0.1) is 27.7 Å². The summed E-state index contributed by atoms with van der Waals surface area (Å²) in [5.41, 5.74) is 4.79. The van der Waals surface area contributed by atoms with Crippen LogP contribution in [0.1, 0.15) is 22.4 Å². The average molecular weight is 431 g/mol. The summed E-state index contributed by atoms with van der Waals surface area (Å²) >= 11 is 0. The molecule has 0 bridgehead atoms. The van der Waals surface area contributed by atoms with Gasteiger partial charge in [0.2, 0.25) is 5.91 Å². The van der Waals surface area contributed by atoms with E-state index in [-0.39, 0.29) is 12.5 Å². The molecular weight excluding hydrogens is 404 g/mol. The van der Waals surface area contributed by atoms with Crippen molar-refractivity contribution < 1.29 is 4.79 Å². The molecule has 0 aliphatic carbocycles. The summed E-state index contributed by atoms with van der Waals surface area (Å²) in [4.78, 5) is 39.8. The number of para-hydroxylation sites is 1. The number of hydrogen-bond donors (Lipinski definition) is 1. The molecule has 0 saturated heterocycles. The Morgan fingerprint density at radius 1 is 0.938 bits per heavy atom. The largest absolute Gasteiger partial charge is 0.342 e. The van der Waals surface area contributed by atoms with Gasteiger partial charge in [-0.15, -0.1) is 0 Å². The summed E-state index contributed by atoms with van der Waals surface area (Å²) in [6.45, 7) is 7.43. The molecule has 0 aliphatic rings. The van der Waals surface area contributed by atoms with Crippen LogP contribution in [0.25, 0.3) is 16.7 Å². The van der Waals surface area contributed by atoms with Gasteiger partial charge in [-0.05, 0) is 57.0 Å². The van der Waals surface area contributed by atoms with Gasteiger partial charge in [0.25, 0.3) is 5.56 Å². The molecule has 2 heterocycles. The molecule has 164 valence electrons. The second-order valence-corrected chi connectivity index (χ2v) is 8.24. The normalized spacial score (nSPS) is 11.2. The number of aromatic nitrogens is 3. The van der Waals surface area contributed by atoms with Crippen molar-refractivity contribution in [3.05, 3.63) is 91.8 Å². The minimum Gasteiger partial charge on any atom is -0.342 e. The number of carbonyl (C=O) groups excluding carboxylic acids is 1. The highest BCUT2D eigenvalue weighted by Crippen LogP contribution is 2.20. The maximum atomic E-state index is 13.5. The van der Waals surface area contributed by atoms with E-state index in [4.69, 9.17) is 0 Å². The van der Waals surface area contributed by atoms with E-state index in [9.17, 15) is 14.4 Å². The van der Waals surface area contributed by atoms with E-state index in [1.165, 1.54) is 4.57 Å². The number of carbonyl (C=O) groups is 1. The summed E-state index contributed by atoms with van der Waals surface area (Å²) in [5, 5.41) is 2.93. The van der Waals surface area contributed by atoms with Crippen molar-refractivity contribution in [1.82, 2.24) is 13.7 Å². The van der Waals surface area contributed by atoms with Crippen LogP contribution in [-0.4, -0.2) is 19.6 Å². The zero-order chi connectivity index (χ0) is 23.2. The van der Waals surface area contributed by atoms with Crippen LogP contribution in [0.5, 0.6) is 0 Å². The molecule has 7 nitrogen and oxygen atoms in total. The van der Waals surface area contributed by atoms with Gasteiger partial charge in [-0.3, -0.25) is 14.2 Å². The molecule has 0 radical (unpaired) electrons. The smallest absolute Gasteiger partial charge is 0.336 e. The Morgan fingerprint density at radius 2 is 1.56 bits per heavy atom. The monoisotopic (exact) mass is 430 g/mol. The lowest BCUT2D eigenvalue weighted by atomic mass is 10.1. The third-order valence-corrected chi connectivity index (χ3v) is 5.91. The molecule has 0 spiro atoms. The molecule has 1 N–H and O–H groups in total. The van der Waals surface area contributed by atoms with E-state index in [0.29, 0.717) is 16.7 Å². The van der Waals surface area contributed by atoms with Crippen LogP contribution in [0.3, 0.4) is 0 Å². The minimum atomic E-state index is -0.548. The molecule has 4 rings (SSSR count). The Labute approximate surface area is 185 Å². The number of fused-ring (bicyclic) bond motifs is 1. The highest BCUT2D eigenvalue weighted by Gasteiger charge is 2.20. The Hall–Kier alpha value is -3.87. The van der Waals surface area contributed by atoms with Crippen molar-refractivity contribution in [2.45, 2.75) is 34.2 Å². The molecule has 7 heteroatoms. The standard InChI is InChI=1S/C25H26N4O3/c1-15-9-11-19(12-10-15)29-24(31)23-20(13-18(4)27(23)5)28(25(29)32)14-21(30)26-22-16(2)7-6-8-17(22)3/h6-13H,14H2,1-5H3,(H,26,30). The molecule has 2 aromatic carbocycles. The number of nitrogens with zero attached hydrogens (tertiary/aromatic N) is 3. The lowest BCUT2D eigenvalue weighted by molar-refractivity contribution is -0.116. The zero-order valence-electron chi connectivity index (χ0n) is 18.9. The first-order valence-electron chi connectivity index (χ1n) is 10.4. The van der Waals surface area contributed by atoms with Gasteiger partial charge in [-0.1, -0.05) is 35.9 Å². The molecule has 32 heavy (non-hydrogen) atoms. The highest BCUT2D eigenvalue weighted by molar-refractivity contribution is 5.93. The molecule has 0 saturated carbocycles. The lowest BCUT2D eigenvalue weighted by Gasteiger charge is -2.15. The van der Waals surface area contributed by atoms with Gasteiger partial charge in [-0.25, -0.2) is 9.36 Å². The van der Waals surface area contributed by atoms with Gasteiger partial charge in [0, 0.05) is 18.4 Å². The second kappa shape index (κ2) is 8.00. The quantitative estimate of drug-likeness (QED) is 0.539. The van der Waals surface area contributed by atoms with Gasteiger partial charge < -0.3 is 9.88 Å². The van der Waals surface area contributed by atoms with Crippen LogP contribution in [0.15, 0.2) is 58.1 Å². The number of anilines is 1. The van der Waals surface area contributed by atoms with E-state index in [1.807, 2.05) is 58.0 Å². The van der Waals surface area contributed by atoms with Crippen LogP contribution in [-0.2, 0) is 18.4 Å². The van der Waals surface area contributed by atoms with Crippen molar-refractivity contribution in [2.75, 3.05) is 5.32 Å². The van der Waals surface area contributed by atoms with Gasteiger partial charge in [0.1, 0.15) is 12.1 Å².